The van der Waals surface area contributed by atoms with Crippen LogP contribution in [0.25, 0.3) is 49.1 Å². The van der Waals surface area contributed by atoms with Gasteiger partial charge in [0.1, 0.15) is 5.52 Å². The molecule has 0 radical (unpaired) electrons. The van der Waals surface area contributed by atoms with E-state index in [1.807, 2.05) is 6.33 Å². The molecule has 6 aromatic rings. The molecule has 0 aliphatic heterocycles. The summed E-state index contributed by atoms with van der Waals surface area (Å²) in [5.74, 6) is 0. The van der Waals surface area contributed by atoms with Gasteiger partial charge in [-0.1, -0.05) is 68.4 Å². The fourth-order valence-electron chi connectivity index (χ4n) is 6.38. The third kappa shape index (κ3) is 2.50. The number of fused-ring (bicyclic) bond motifs is 5. The van der Waals surface area contributed by atoms with Gasteiger partial charge < -0.3 is 4.40 Å². The molecular formula is C29H32N3Si+. The monoisotopic (exact) mass is 450 g/mol. The Bertz CT molecular complexity index is 1700. The van der Waals surface area contributed by atoms with Crippen molar-refractivity contribution >= 4 is 62.4 Å². The van der Waals surface area contributed by atoms with Crippen LogP contribution in [0.15, 0.2) is 48.8 Å². The second kappa shape index (κ2) is 7.01. The molecular weight excluding hydrogens is 418 g/mol. The first kappa shape index (κ1) is 20.6. The molecule has 0 bridgehead atoms. The van der Waals surface area contributed by atoms with Gasteiger partial charge in [-0.3, -0.25) is 0 Å². The van der Waals surface area contributed by atoms with Gasteiger partial charge >= 0.3 is 0 Å². The highest BCUT2D eigenvalue weighted by Gasteiger charge is 2.31. The van der Waals surface area contributed by atoms with E-state index < -0.39 is 8.07 Å². The van der Waals surface area contributed by atoms with Crippen LogP contribution in [0.2, 0.25) is 18.1 Å². The van der Waals surface area contributed by atoms with Gasteiger partial charge in [-0.2, -0.15) is 0 Å². The van der Waals surface area contributed by atoms with Crippen LogP contribution < -0.4 is 9.75 Å². The lowest BCUT2D eigenvalue weighted by atomic mass is 9.95. The summed E-state index contributed by atoms with van der Waals surface area (Å²) in [5, 5.41) is 6.90. The van der Waals surface area contributed by atoms with Crippen LogP contribution in [0.5, 0.6) is 0 Å². The van der Waals surface area contributed by atoms with E-state index in [1.54, 1.807) is 5.19 Å². The Hall–Kier alpha value is -2.98. The van der Waals surface area contributed by atoms with Gasteiger partial charge in [-0.05, 0) is 53.5 Å². The Morgan fingerprint density at radius 3 is 2.39 bits per heavy atom. The summed E-state index contributed by atoms with van der Waals surface area (Å²) < 4.78 is 4.74. The van der Waals surface area contributed by atoms with Gasteiger partial charge in [0.15, 0.2) is 5.52 Å². The predicted octanol–water partition coefficient (Wildman–Crippen LogP) is 6.54. The van der Waals surface area contributed by atoms with Crippen LogP contribution in [-0.4, -0.2) is 17.5 Å². The van der Waals surface area contributed by atoms with Gasteiger partial charge in [-0.15, -0.1) is 0 Å². The largest absolute Gasteiger partial charge is 0.302 e. The first-order chi connectivity index (χ1) is 16.0. The molecule has 0 saturated heterocycles. The zero-order valence-electron chi connectivity index (χ0n) is 20.6. The van der Waals surface area contributed by atoms with Crippen LogP contribution in [0.1, 0.15) is 31.9 Å². The van der Waals surface area contributed by atoms with Crippen molar-refractivity contribution in [1.29, 1.82) is 0 Å². The molecule has 33 heavy (non-hydrogen) atoms. The minimum absolute atomic E-state index is 1.12. The Kier molecular flexibility index (Phi) is 4.38. The highest BCUT2D eigenvalue weighted by atomic mass is 28.3. The van der Waals surface area contributed by atoms with Crippen molar-refractivity contribution in [3.05, 3.63) is 59.9 Å². The molecule has 0 N–H and O–H groups in total. The Balaban J connectivity index is 1.93. The van der Waals surface area contributed by atoms with Crippen LogP contribution in [-0.2, 0) is 7.05 Å². The maximum absolute atomic E-state index is 4.97. The van der Waals surface area contributed by atoms with Gasteiger partial charge in [0.25, 0.3) is 6.33 Å². The summed E-state index contributed by atoms with van der Waals surface area (Å²) in [5.41, 5.74) is 8.96. The highest BCUT2D eigenvalue weighted by molar-refractivity contribution is 6.91. The molecule has 0 atom stereocenters. The summed E-state index contributed by atoms with van der Waals surface area (Å²) in [7, 11) is 0.647. The van der Waals surface area contributed by atoms with Gasteiger partial charge in [0.2, 0.25) is 5.52 Å². The maximum Gasteiger partial charge on any atom is 0.287 e. The van der Waals surface area contributed by atoms with Crippen LogP contribution in [0.4, 0.5) is 0 Å². The average Bonchev–Trinajstić information content (AvgIpc) is 3.16. The minimum atomic E-state index is -1.49. The SMILES string of the molecule is CC[Si](CC)(CC)c1ccc2c3nc[n+](C)c4c5c(C)c(C)cc6cccc(c65)n(c2c1)c34. The molecule has 0 aliphatic carbocycles. The second-order valence-electron chi connectivity index (χ2n) is 9.88. The van der Waals surface area contributed by atoms with Crippen molar-refractivity contribution in [2.75, 3.05) is 0 Å². The van der Waals surface area contributed by atoms with E-state index in [1.165, 1.54) is 72.9 Å². The molecule has 3 aromatic heterocycles. The van der Waals surface area contributed by atoms with E-state index in [0.717, 1.165) is 5.52 Å². The lowest BCUT2D eigenvalue weighted by molar-refractivity contribution is -0.647. The smallest absolute Gasteiger partial charge is 0.287 e. The minimum Gasteiger partial charge on any atom is -0.302 e. The van der Waals surface area contributed by atoms with E-state index in [9.17, 15) is 0 Å². The molecule has 3 aromatic carbocycles. The number of aryl methyl sites for hydroxylation is 3. The zero-order valence-corrected chi connectivity index (χ0v) is 21.6. The fourth-order valence-corrected chi connectivity index (χ4v) is 9.99. The number of hydrogen-bond acceptors (Lipinski definition) is 1. The van der Waals surface area contributed by atoms with Gasteiger partial charge in [0.05, 0.1) is 31.5 Å². The number of benzene rings is 3. The standard InChI is InChI=1S/C29H32N3Si/c1-7-33(8-2,9-3)21-13-14-22-24(16-21)32-23-12-10-11-20-15-18(4)19(5)25(26(20)23)28-29(32)27(22)30-17-31(28)6/h10-17H,7-9H2,1-6H3/q+1. The van der Waals surface area contributed by atoms with Crippen molar-refractivity contribution in [1.82, 2.24) is 9.38 Å². The van der Waals surface area contributed by atoms with Crippen LogP contribution in [0.3, 0.4) is 0 Å². The predicted molar refractivity (Wildman–Crippen MR) is 144 cm³/mol. The molecule has 0 unspecified atom stereocenters. The fraction of sp³-hybridized carbons (Fsp3) is 0.310. The maximum atomic E-state index is 4.97. The molecule has 166 valence electrons. The summed E-state index contributed by atoms with van der Waals surface area (Å²) >= 11 is 0. The van der Waals surface area contributed by atoms with Gasteiger partial charge in [-0.25, -0.2) is 4.57 Å². The molecule has 0 saturated carbocycles. The van der Waals surface area contributed by atoms with Crippen molar-refractivity contribution in [2.24, 2.45) is 7.05 Å². The molecule has 0 fully saturated rings. The number of pyridine rings is 1. The van der Waals surface area contributed by atoms with Crippen molar-refractivity contribution in [3.8, 4) is 0 Å². The quantitative estimate of drug-likeness (QED) is 0.129. The summed E-state index contributed by atoms with van der Waals surface area (Å²) in [6.45, 7) is 11.7. The molecule has 3 nitrogen and oxygen atoms in total. The molecule has 0 spiro atoms. The topological polar surface area (TPSA) is 21.2 Å². The number of nitrogens with zero attached hydrogens (tertiary/aromatic N) is 3. The molecule has 0 aliphatic rings. The van der Waals surface area contributed by atoms with E-state index in [4.69, 9.17) is 4.98 Å². The number of rotatable bonds is 4. The Morgan fingerprint density at radius 1 is 0.909 bits per heavy atom. The molecule has 3 heterocycles. The lowest BCUT2D eigenvalue weighted by Crippen LogP contribution is -2.45. The van der Waals surface area contributed by atoms with Crippen molar-refractivity contribution < 1.29 is 4.57 Å². The third-order valence-corrected chi connectivity index (χ3v) is 14.3. The van der Waals surface area contributed by atoms with Crippen LogP contribution in [0, 0.1) is 13.8 Å². The van der Waals surface area contributed by atoms with Crippen molar-refractivity contribution in [2.45, 2.75) is 52.8 Å². The molecule has 4 heteroatoms. The summed E-state index contributed by atoms with van der Waals surface area (Å²) in [6, 6.07) is 20.3. The van der Waals surface area contributed by atoms with E-state index in [-0.39, 0.29) is 0 Å². The van der Waals surface area contributed by atoms with E-state index in [0.29, 0.717) is 0 Å². The van der Waals surface area contributed by atoms with Crippen LogP contribution >= 0.6 is 0 Å². The van der Waals surface area contributed by atoms with Crippen molar-refractivity contribution in [3.63, 3.8) is 0 Å². The van der Waals surface area contributed by atoms with E-state index >= 15 is 0 Å². The molecule has 0 amide bonds. The number of aromatic nitrogens is 3. The first-order valence-electron chi connectivity index (χ1n) is 12.3. The molecule has 6 rings (SSSR count). The summed E-state index contributed by atoms with van der Waals surface area (Å²) in [4.78, 5) is 4.97. The Morgan fingerprint density at radius 2 is 1.67 bits per heavy atom. The summed E-state index contributed by atoms with van der Waals surface area (Å²) in [6.07, 6.45) is 2.00. The average molecular weight is 451 g/mol. The Labute approximate surface area is 196 Å². The second-order valence-corrected chi connectivity index (χ2v) is 15.1. The highest BCUT2D eigenvalue weighted by Crippen LogP contribution is 2.40. The normalized spacial score (nSPS) is 12.9. The lowest BCUT2D eigenvalue weighted by Gasteiger charge is -2.28. The zero-order chi connectivity index (χ0) is 23.1. The van der Waals surface area contributed by atoms with E-state index in [2.05, 4.69) is 93.1 Å². The third-order valence-electron chi connectivity index (χ3n) is 8.66. The first-order valence-corrected chi connectivity index (χ1v) is 14.9. The number of hydrogen-bond donors (Lipinski definition) is 0. The van der Waals surface area contributed by atoms with Gasteiger partial charge in [0, 0.05) is 10.8 Å².